The maximum absolute atomic E-state index is 12.8. The van der Waals surface area contributed by atoms with Gasteiger partial charge in [0.25, 0.3) is 5.56 Å². The van der Waals surface area contributed by atoms with Gasteiger partial charge in [-0.2, -0.15) is 5.10 Å². The summed E-state index contributed by atoms with van der Waals surface area (Å²) in [4.78, 5) is 17.5. The summed E-state index contributed by atoms with van der Waals surface area (Å²) in [7, 11) is 1.89. The van der Waals surface area contributed by atoms with Gasteiger partial charge in [0.2, 0.25) is 0 Å². The van der Waals surface area contributed by atoms with Crippen LogP contribution >= 0.6 is 11.8 Å². The Hall–Kier alpha value is -1.80. The fourth-order valence-corrected chi connectivity index (χ4v) is 4.77. The van der Waals surface area contributed by atoms with Crippen LogP contribution in [0, 0.1) is 0 Å². The van der Waals surface area contributed by atoms with E-state index in [1.807, 2.05) is 31.0 Å². The predicted molar refractivity (Wildman–Crippen MR) is 98.8 cm³/mol. The van der Waals surface area contributed by atoms with Crippen LogP contribution in [-0.2, 0) is 11.8 Å². The first-order valence-corrected chi connectivity index (χ1v) is 9.41. The molecular weight excluding hydrogens is 338 g/mol. The number of aromatic amines is 1. The van der Waals surface area contributed by atoms with Crippen LogP contribution in [0.1, 0.15) is 56.0 Å². The molecule has 1 fully saturated rings. The largest absolute Gasteiger partial charge is 0.375 e. The van der Waals surface area contributed by atoms with Gasteiger partial charge in [0.15, 0.2) is 5.82 Å². The van der Waals surface area contributed by atoms with Gasteiger partial charge in [-0.15, -0.1) is 0 Å². The Kier molecular flexibility index (Phi) is 3.92. The molecule has 0 bridgehead atoms. The smallest absolute Gasteiger partial charge is 0.271 e. The predicted octanol–water partition coefficient (Wildman–Crippen LogP) is 2.93. The highest BCUT2D eigenvalue weighted by Crippen LogP contribution is 2.45. The van der Waals surface area contributed by atoms with Crippen molar-refractivity contribution in [1.29, 1.82) is 0 Å². The van der Waals surface area contributed by atoms with Crippen molar-refractivity contribution in [3.05, 3.63) is 33.9 Å². The van der Waals surface area contributed by atoms with Crippen molar-refractivity contribution in [1.82, 2.24) is 19.6 Å². The van der Waals surface area contributed by atoms with Crippen LogP contribution in [-0.4, -0.2) is 36.8 Å². The van der Waals surface area contributed by atoms with E-state index >= 15 is 0 Å². The van der Waals surface area contributed by atoms with Crippen molar-refractivity contribution < 1.29 is 4.74 Å². The van der Waals surface area contributed by atoms with E-state index in [2.05, 4.69) is 24.0 Å². The minimum Gasteiger partial charge on any atom is -0.375 e. The zero-order valence-corrected chi connectivity index (χ0v) is 15.8. The molecule has 0 amide bonds. The summed E-state index contributed by atoms with van der Waals surface area (Å²) in [5.41, 5.74) is 1.50. The number of nitrogens with one attached hydrogen (secondary N) is 1. The average Bonchev–Trinajstić information content (AvgIpc) is 3.10. The minimum atomic E-state index is -0.193. The normalized spacial score (nSPS) is 25.5. The molecular formula is C17H23N5O2S. The Morgan fingerprint density at radius 3 is 2.92 bits per heavy atom. The van der Waals surface area contributed by atoms with Crippen molar-refractivity contribution in [3.8, 4) is 0 Å². The monoisotopic (exact) mass is 361 g/mol. The lowest BCUT2D eigenvalue weighted by Crippen LogP contribution is -2.35. The first kappa shape index (κ1) is 16.7. The van der Waals surface area contributed by atoms with E-state index in [0.717, 1.165) is 34.8 Å². The third-order valence-electron chi connectivity index (χ3n) is 4.81. The summed E-state index contributed by atoms with van der Waals surface area (Å²) >= 11 is 1.61. The quantitative estimate of drug-likeness (QED) is 0.892. The molecule has 1 N–H and O–H groups in total. The number of aryl methyl sites for hydroxylation is 1. The molecule has 2 aromatic heterocycles. The minimum absolute atomic E-state index is 0.0584. The molecule has 25 heavy (non-hydrogen) atoms. The summed E-state index contributed by atoms with van der Waals surface area (Å²) in [6.45, 7) is 6.87. The molecule has 8 heteroatoms. The van der Waals surface area contributed by atoms with Crippen LogP contribution < -0.4 is 5.56 Å². The molecule has 2 aliphatic rings. The maximum atomic E-state index is 12.8. The number of aromatic nitrogens is 4. The second kappa shape index (κ2) is 5.88. The van der Waals surface area contributed by atoms with Gasteiger partial charge in [0.1, 0.15) is 0 Å². The second-order valence-corrected chi connectivity index (χ2v) is 8.68. The number of nitrogens with zero attached hydrogens (tertiary/aromatic N) is 4. The SMILES string of the molecule is CC1=Nc2c(c(=O)[nH]n2[C@H]2CCOC(C)(C)C2)[C@@H](c2cnn(C)c2)S1. The van der Waals surface area contributed by atoms with Crippen molar-refractivity contribution in [3.63, 3.8) is 0 Å². The molecule has 0 spiro atoms. The highest BCUT2D eigenvalue weighted by molar-refractivity contribution is 8.14. The van der Waals surface area contributed by atoms with Crippen LogP contribution in [0.4, 0.5) is 5.82 Å². The van der Waals surface area contributed by atoms with Gasteiger partial charge >= 0.3 is 0 Å². The third kappa shape index (κ3) is 2.97. The van der Waals surface area contributed by atoms with Gasteiger partial charge in [0.05, 0.1) is 33.7 Å². The van der Waals surface area contributed by atoms with Crippen molar-refractivity contribution in [2.75, 3.05) is 6.61 Å². The van der Waals surface area contributed by atoms with Crippen LogP contribution in [0.2, 0.25) is 0 Å². The number of H-pyrrole nitrogens is 1. The van der Waals surface area contributed by atoms with E-state index in [4.69, 9.17) is 9.73 Å². The molecule has 4 rings (SSSR count). The maximum Gasteiger partial charge on any atom is 0.271 e. The Morgan fingerprint density at radius 2 is 2.24 bits per heavy atom. The number of rotatable bonds is 2. The van der Waals surface area contributed by atoms with Gasteiger partial charge < -0.3 is 4.74 Å². The molecule has 0 unspecified atom stereocenters. The standard InChI is InChI=1S/C17H23N5O2S/c1-10-19-15-13(14(25-10)11-8-18-21(4)9-11)16(23)20-22(15)12-5-6-24-17(2,3)7-12/h8-9,12,14H,5-7H2,1-4H3,(H,20,23)/t12-,14+/m0/s1. The highest BCUT2D eigenvalue weighted by Gasteiger charge is 2.36. The van der Waals surface area contributed by atoms with Gasteiger partial charge in [-0.25, -0.2) is 4.99 Å². The molecule has 2 atom stereocenters. The Morgan fingerprint density at radius 1 is 1.44 bits per heavy atom. The van der Waals surface area contributed by atoms with Gasteiger partial charge in [-0.3, -0.25) is 19.3 Å². The number of aliphatic imine (C=N–C) groups is 1. The topological polar surface area (TPSA) is 77.2 Å². The highest BCUT2D eigenvalue weighted by atomic mass is 32.2. The number of fused-ring (bicyclic) bond motifs is 1. The summed E-state index contributed by atoms with van der Waals surface area (Å²) in [5.74, 6) is 0.762. The molecule has 1 saturated heterocycles. The van der Waals surface area contributed by atoms with Crippen LogP contribution in [0.5, 0.6) is 0 Å². The average molecular weight is 361 g/mol. The fraction of sp³-hybridized carbons (Fsp3) is 0.588. The van der Waals surface area contributed by atoms with Crippen molar-refractivity contribution in [2.45, 2.75) is 50.5 Å². The van der Waals surface area contributed by atoms with Gasteiger partial charge in [0, 0.05) is 25.4 Å². The summed E-state index contributed by atoms with van der Waals surface area (Å²) in [5, 5.41) is 8.20. The molecule has 0 saturated carbocycles. The molecule has 0 aliphatic carbocycles. The molecule has 2 aliphatic heterocycles. The number of hydrogen-bond donors (Lipinski definition) is 1. The van der Waals surface area contributed by atoms with Crippen LogP contribution in [0.3, 0.4) is 0 Å². The zero-order chi connectivity index (χ0) is 17.8. The molecule has 4 heterocycles. The van der Waals surface area contributed by atoms with Crippen LogP contribution in [0.25, 0.3) is 0 Å². The van der Waals surface area contributed by atoms with E-state index in [1.165, 1.54) is 0 Å². The van der Waals surface area contributed by atoms with Crippen molar-refractivity contribution in [2.24, 2.45) is 12.0 Å². The molecule has 2 aromatic rings. The van der Waals surface area contributed by atoms with E-state index in [9.17, 15) is 4.79 Å². The second-order valence-electron chi connectivity index (χ2n) is 7.38. The van der Waals surface area contributed by atoms with Gasteiger partial charge in [-0.05, 0) is 33.6 Å². The van der Waals surface area contributed by atoms with Crippen LogP contribution in [0.15, 0.2) is 22.2 Å². The Bertz CT molecular complexity index is 891. The van der Waals surface area contributed by atoms with E-state index in [1.54, 1.807) is 16.4 Å². The lowest BCUT2D eigenvalue weighted by molar-refractivity contribution is -0.0705. The Labute approximate surface area is 150 Å². The first-order chi connectivity index (χ1) is 11.8. The fourth-order valence-electron chi connectivity index (χ4n) is 3.70. The molecule has 7 nitrogen and oxygen atoms in total. The van der Waals surface area contributed by atoms with Crippen molar-refractivity contribution >= 4 is 22.6 Å². The summed E-state index contributed by atoms with van der Waals surface area (Å²) < 4.78 is 9.56. The lowest BCUT2D eigenvalue weighted by Gasteiger charge is -2.36. The van der Waals surface area contributed by atoms with Gasteiger partial charge in [-0.1, -0.05) is 11.8 Å². The Balaban J connectivity index is 1.80. The number of ether oxygens (including phenoxy) is 1. The molecule has 0 radical (unpaired) electrons. The van der Waals surface area contributed by atoms with E-state index in [0.29, 0.717) is 6.61 Å². The third-order valence-corrected chi connectivity index (χ3v) is 5.99. The zero-order valence-electron chi connectivity index (χ0n) is 14.9. The number of hydrogen-bond acceptors (Lipinski definition) is 5. The molecule has 0 aromatic carbocycles. The first-order valence-electron chi connectivity index (χ1n) is 8.53. The van der Waals surface area contributed by atoms with E-state index < -0.39 is 0 Å². The lowest BCUT2D eigenvalue weighted by atomic mass is 9.94. The summed E-state index contributed by atoms with van der Waals surface area (Å²) in [6, 6.07) is 0.189. The van der Waals surface area contributed by atoms with E-state index in [-0.39, 0.29) is 22.5 Å². The number of thioether (sulfide) groups is 1. The molecule has 134 valence electrons. The summed E-state index contributed by atoms with van der Waals surface area (Å²) in [6.07, 6.45) is 5.52.